The molecule has 29 heavy (non-hydrogen) atoms. The van der Waals surface area contributed by atoms with E-state index in [1.165, 1.54) is 36.6 Å². The van der Waals surface area contributed by atoms with Gasteiger partial charge in [0.05, 0.1) is 24.1 Å². The quantitative estimate of drug-likeness (QED) is 0.741. The van der Waals surface area contributed by atoms with E-state index in [0.717, 1.165) is 21.3 Å². The minimum Gasteiger partial charge on any atom is -0.478 e. The van der Waals surface area contributed by atoms with E-state index in [2.05, 4.69) is 4.98 Å². The van der Waals surface area contributed by atoms with Crippen LogP contribution in [0.15, 0.2) is 23.6 Å². The van der Waals surface area contributed by atoms with Gasteiger partial charge in [-0.25, -0.2) is 18.2 Å². The summed E-state index contributed by atoms with van der Waals surface area (Å²) in [5.41, 5.74) is 0.323. The number of carboxylic acids is 1. The number of rotatable bonds is 6. The number of sulfonamides is 1. The molecule has 1 heterocycles. The highest BCUT2D eigenvalue weighted by Gasteiger charge is 2.29. The van der Waals surface area contributed by atoms with Gasteiger partial charge in [-0.05, 0) is 45.9 Å². The molecule has 0 aliphatic carbocycles. The normalized spacial score (nSPS) is 11.9. The summed E-state index contributed by atoms with van der Waals surface area (Å²) in [5.74, 6) is -1.66. The van der Waals surface area contributed by atoms with Gasteiger partial charge < -0.3 is 10.0 Å². The zero-order chi connectivity index (χ0) is 22.1. The molecule has 0 atom stereocenters. The second-order valence-electron chi connectivity index (χ2n) is 7.75. The summed E-state index contributed by atoms with van der Waals surface area (Å²) in [6, 6.07) is 3.88. The highest BCUT2D eigenvalue weighted by molar-refractivity contribution is 7.92. The van der Waals surface area contributed by atoms with Gasteiger partial charge in [-0.1, -0.05) is 0 Å². The van der Waals surface area contributed by atoms with Gasteiger partial charge in [0.25, 0.3) is 5.91 Å². The summed E-state index contributed by atoms with van der Waals surface area (Å²) in [5, 5.41) is 12.1. The maximum Gasteiger partial charge on any atom is 0.335 e. The van der Waals surface area contributed by atoms with Crippen LogP contribution in [-0.2, 0) is 16.6 Å². The summed E-state index contributed by atoms with van der Waals surface area (Å²) in [7, 11) is -2.32. The average Bonchev–Trinajstić information content (AvgIpc) is 3.01. The predicted octanol–water partition coefficient (Wildman–Crippen LogP) is 2.99. The van der Waals surface area contributed by atoms with Crippen molar-refractivity contribution in [2.24, 2.45) is 0 Å². The molecular formula is C19H25N3O5S2. The molecular weight excluding hydrogens is 414 g/mol. The maximum absolute atomic E-state index is 13.3. The van der Waals surface area contributed by atoms with Gasteiger partial charge in [0.2, 0.25) is 10.0 Å². The molecule has 1 amide bonds. The van der Waals surface area contributed by atoms with Crippen molar-refractivity contribution >= 4 is 38.9 Å². The van der Waals surface area contributed by atoms with Crippen molar-refractivity contribution in [2.75, 3.05) is 17.6 Å². The molecule has 1 aromatic carbocycles. The molecule has 10 heteroatoms. The molecule has 0 spiro atoms. The zero-order valence-electron chi connectivity index (χ0n) is 17.3. The molecule has 0 aliphatic rings. The van der Waals surface area contributed by atoms with E-state index in [1.54, 1.807) is 4.90 Å². The number of aromatic nitrogens is 1. The van der Waals surface area contributed by atoms with E-state index in [4.69, 9.17) is 0 Å². The topological polar surface area (TPSA) is 108 Å². The van der Waals surface area contributed by atoms with E-state index < -0.39 is 27.4 Å². The Bertz CT molecular complexity index is 1040. The summed E-state index contributed by atoms with van der Waals surface area (Å²) in [6.07, 6.45) is 1.01. The third kappa shape index (κ3) is 5.54. The van der Waals surface area contributed by atoms with Crippen molar-refractivity contribution in [1.29, 1.82) is 0 Å². The van der Waals surface area contributed by atoms with Crippen LogP contribution in [0.1, 0.15) is 52.2 Å². The van der Waals surface area contributed by atoms with Crippen LogP contribution in [0, 0.1) is 6.92 Å². The zero-order valence-corrected chi connectivity index (χ0v) is 18.9. The first-order valence-corrected chi connectivity index (χ1v) is 11.5. The number of anilines is 1. The second kappa shape index (κ2) is 8.11. The largest absolute Gasteiger partial charge is 0.478 e. The Hall–Kier alpha value is -2.46. The molecule has 0 radical (unpaired) electrons. The van der Waals surface area contributed by atoms with E-state index in [-0.39, 0.29) is 23.4 Å². The lowest BCUT2D eigenvalue weighted by Crippen LogP contribution is -2.45. The minimum atomic E-state index is -3.63. The van der Waals surface area contributed by atoms with E-state index in [0.29, 0.717) is 0 Å². The number of nitrogens with zero attached hydrogens (tertiary/aromatic N) is 3. The maximum atomic E-state index is 13.3. The number of hydrogen-bond donors (Lipinski definition) is 1. The van der Waals surface area contributed by atoms with Gasteiger partial charge in [-0.15, -0.1) is 11.3 Å². The Morgan fingerprint density at radius 1 is 1.17 bits per heavy atom. The molecule has 0 fully saturated rings. The second-order valence-corrected chi connectivity index (χ2v) is 10.7. The number of carboxylic acid groups (broad SMARTS) is 1. The standard InChI is InChI=1S/C19H25N3O5S2/c1-12-11-28-16(20-12)10-22(19(2,3)4)17(23)13-7-14(18(24)25)9-15(8-13)21(5)29(6,26)27/h7-9,11H,10H2,1-6H3,(H,24,25). The fourth-order valence-electron chi connectivity index (χ4n) is 2.61. The average molecular weight is 440 g/mol. The van der Waals surface area contributed by atoms with Crippen molar-refractivity contribution in [2.45, 2.75) is 39.8 Å². The number of thiazole rings is 1. The molecule has 0 unspecified atom stereocenters. The van der Waals surface area contributed by atoms with Gasteiger partial charge in [-0.2, -0.15) is 0 Å². The van der Waals surface area contributed by atoms with Crippen molar-refractivity contribution < 1.29 is 23.1 Å². The fourth-order valence-corrected chi connectivity index (χ4v) is 3.86. The van der Waals surface area contributed by atoms with Crippen LogP contribution in [0.2, 0.25) is 0 Å². The number of aromatic carboxylic acids is 1. The molecule has 1 aromatic heterocycles. The van der Waals surface area contributed by atoms with Crippen LogP contribution in [0.25, 0.3) is 0 Å². The van der Waals surface area contributed by atoms with Crippen LogP contribution in [-0.4, -0.2) is 54.1 Å². The lowest BCUT2D eigenvalue weighted by molar-refractivity contribution is 0.0558. The van der Waals surface area contributed by atoms with Gasteiger partial charge in [0.15, 0.2) is 0 Å². The van der Waals surface area contributed by atoms with E-state index in [9.17, 15) is 23.1 Å². The minimum absolute atomic E-state index is 0.0959. The predicted molar refractivity (Wildman–Crippen MR) is 113 cm³/mol. The summed E-state index contributed by atoms with van der Waals surface area (Å²) < 4.78 is 24.8. The van der Waals surface area contributed by atoms with Crippen LogP contribution >= 0.6 is 11.3 Å². The monoisotopic (exact) mass is 439 g/mol. The lowest BCUT2D eigenvalue weighted by Gasteiger charge is -2.35. The lowest BCUT2D eigenvalue weighted by atomic mass is 10.0. The van der Waals surface area contributed by atoms with E-state index >= 15 is 0 Å². The molecule has 1 N–H and O–H groups in total. The Labute approximate surface area is 174 Å². The molecule has 0 saturated carbocycles. The van der Waals surface area contributed by atoms with Crippen molar-refractivity contribution in [1.82, 2.24) is 9.88 Å². The van der Waals surface area contributed by atoms with Gasteiger partial charge in [0, 0.05) is 29.2 Å². The first kappa shape index (κ1) is 22.8. The Balaban J connectivity index is 2.54. The van der Waals surface area contributed by atoms with Gasteiger partial charge >= 0.3 is 5.97 Å². The first-order valence-electron chi connectivity index (χ1n) is 8.75. The summed E-state index contributed by atoms with van der Waals surface area (Å²) in [4.78, 5) is 30.9. The number of aryl methyl sites for hydroxylation is 1. The van der Waals surface area contributed by atoms with Crippen LogP contribution < -0.4 is 4.31 Å². The van der Waals surface area contributed by atoms with Crippen molar-refractivity contribution in [3.8, 4) is 0 Å². The smallest absolute Gasteiger partial charge is 0.335 e. The van der Waals surface area contributed by atoms with Gasteiger partial charge in [-0.3, -0.25) is 9.10 Å². The number of hydrogen-bond acceptors (Lipinski definition) is 6. The molecule has 8 nitrogen and oxygen atoms in total. The molecule has 2 rings (SSSR count). The third-order valence-electron chi connectivity index (χ3n) is 4.29. The molecule has 158 valence electrons. The molecule has 0 saturated heterocycles. The first-order chi connectivity index (χ1) is 13.2. The molecule has 0 aliphatic heterocycles. The summed E-state index contributed by atoms with van der Waals surface area (Å²) >= 11 is 1.44. The Morgan fingerprint density at radius 2 is 1.76 bits per heavy atom. The van der Waals surface area contributed by atoms with Crippen LogP contribution in [0.5, 0.6) is 0 Å². The SMILES string of the molecule is Cc1csc(CN(C(=O)c2cc(C(=O)O)cc(N(C)S(C)(=O)=O)c2)C(C)(C)C)n1. The Morgan fingerprint density at radius 3 is 2.21 bits per heavy atom. The summed E-state index contributed by atoms with van der Waals surface area (Å²) in [6.45, 7) is 7.74. The number of amides is 1. The van der Waals surface area contributed by atoms with Crippen LogP contribution in [0.4, 0.5) is 5.69 Å². The van der Waals surface area contributed by atoms with Crippen LogP contribution in [0.3, 0.4) is 0 Å². The van der Waals surface area contributed by atoms with Crippen molar-refractivity contribution in [3.63, 3.8) is 0 Å². The number of carbonyl (C=O) groups is 2. The highest BCUT2D eigenvalue weighted by atomic mass is 32.2. The third-order valence-corrected chi connectivity index (χ3v) is 6.44. The number of benzene rings is 1. The fraction of sp³-hybridized carbons (Fsp3) is 0.421. The van der Waals surface area contributed by atoms with Crippen molar-refractivity contribution in [3.05, 3.63) is 45.4 Å². The van der Waals surface area contributed by atoms with Gasteiger partial charge in [0.1, 0.15) is 5.01 Å². The highest BCUT2D eigenvalue weighted by Crippen LogP contribution is 2.26. The molecule has 0 bridgehead atoms. The Kier molecular flexibility index (Phi) is 6.39. The molecule has 2 aromatic rings. The number of carbonyl (C=O) groups excluding carboxylic acids is 1. The van der Waals surface area contributed by atoms with E-state index in [1.807, 2.05) is 33.1 Å².